The summed E-state index contributed by atoms with van der Waals surface area (Å²) >= 11 is 3.02. The van der Waals surface area contributed by atoms with Crippen molar-refractivity contribution in [3.8, 4) is 0 Å². The van der Waals surface area contributed by atoms with Crippen LogP contribution < -0.4 is 5.32 Å². The highest BCUT2D eigenvalue weighted by Gasteiger charge is 2.01. The van der Waals surface area contributed by atoms with Crippen molar-refractivity contribution in [2.24, 2.45) is 0 Å². The number of aromatic nitrogens is 1. The van der Waals surface area contributed by atoms with Crippen molar-refractivity contribution >= 4 is 23.5 Å². The molecule has 0 saturated carbocycles. The molecule has 94 valence electrons. The molecular formula is C9H13N3O3S2. The smallest absolute Gasteiger partial charge is 0.263 e. The lowest BCUT2D eigenvalue weighted by Crippen LogP contribution is -2.15. The van der Waals surface area contributed by atoms with Crippen LogP contribution in [0.4, 0.5) is 0 Å². The van der Waals surface area contributed by atoms with Crippen LogP contribution >= 0.6 is 23.5 Å². The first-order valence-corrected chi connectivity index (χ1v) is 7.20. The Morgan fingerprint density at radius 2 is 2.59 bits per heavy atom. The first-order chi connectivity index (χ1) is 8.22. The highest BCUT2D eigenvalue weighted by atomic mass is 32.2. The van der Waals surface area contributed by atoms with Crippen molar-refractivity contribution in [3.05, 3.63) is 39.4 Å². The largest absolute Gasteiger partial charge is 0.374 e. The van der Waals surface area contributed by atoms with Gasteiger partial charge in [0, 0.05) is 24.1 Å². The lowest BCUT2D eigenvalue weighted by atomic mass is 10.5. The molecule has 0 aliphatic rings. The molecule has 1 aromatic heterocycles. The van der Waals surface area contributed by atoms with Crippen LogP contribution in [0.25, 0.3) is 0 Å². The molecule has 0 amide bonds. The van der Waals surface area contributed by atoms with Gasteiger partial charge in [-0.25, -0.2) is 0 Å². The van der Waals surface area contributed by atoms with Crippen molar-refractivity contribution in [2.75, 3.05) is 18.6 Å². The second kappa shape index (κ2) is 8.02. The number of nitro groups is 1. The molecule has 0 bridgehead atoms. The first-order valence-electron chi connectivity index (χ1n) is 4.82. The SMILES string of the molecule is CSC(=C[N+](=O)[O-])NCCSCc1ccon1. The van der Waals surface area contributed by atoms with Crippen LogP contribution in [0, 0.1) is 10.1 Å². The third kappa shape index (κ3) is 6.22. The van der Waals surface area contributed by atoms with E-state index in [1.807, 2.05) is 6.07 Å². The third-order valence-corrected chi connectivity index (χ3v) is 3.41. The van der Waals surface area contributed by atoms with Crippen LogP contribution in [0.15, 0.2) is 28.1 Å². The molecule has 1 rings (SSSR count). The predicted molar refractivity (Wildman–Crippen MR) is 69.3 cm³/mol. The van der Waals surface area contributed by atoms with E-state index in [2.05, 4.69) is 10.5 Å². The van der Waals surface area contributed by atoms with Gasteiger partial charge in [0.25, 0.3) is 6.20 Å². The van der Waals surface area contributed by atoms with E-state index in [1.165, 1.54) is 11.8 Å². The van der Waals surface area contributed by atoms with E-state index < -0.39 is 4.92 Å². The molecule has 6 nitrogen and oxygen atoms in total. The Morgan fingerprint density at radius 3 is 3.18 bits per heavy atom. The van der Waals surface area contributed by atoms with E-state index in [0.717, 1.165) is 23.4 Å². The molecule has 0 radical (unpaired) electrons. The quantitative estimate of drug-likeness (QED) is 0.441. The van der Waals surface area contributed by atoms with E-state index in [1.54, 1.807) is 24.3 Å². The van der Waals surface area contributed by atoms with Gasteiger partial charge in [-0.15, -0.1) is 11.8 Å². The minimum Gasteiger partial charge on any atom is -0.374 e. The maximum absolute atomic E-state index is 10.3. The Hall–Kier alpha value is -1.15. The molecule has 0 aromatic carbocycles. The van der Waals surface area contributed by atoms with Gasteiger partial charge in [0.15, 0.2) is 0 Å². The fourth-order valence-electron chi connectivity index (χ4n) is 1.00. The van der Waals surface area contributed by atoms with Gasteiger partial charge in [0.2, 0.25) is 0 Å². The van der Waals surface area contributed by atoms with Crippen molar-refractivity contribution in [1.82, 2.24) is 10.5 Å². The van der Waals surface area contributed by atoms with Crippen LogP contribution in [0.2, 0.25) is 0 Å². The molecule has 0 aliphatic carbocycles. The Morgan fingerprint density at radius 1 is 1.76 bits per heavy atom. The molecule has 17 heavy (non-hydrogen) atoms. The van der Waals surface area contributed by atoms with E-state index in [4.69, 9.17) is 4.52 Å². The highest BCUT2D eigenvalue weighted by Crippen LogP contribution is 2.10. The van der Waals surface area contributed by atoms with Crippen LogP contribution in [0.1, 0.15) is 5.69 Å². The van der Waals surface area contributed by atoms with Gasteiger partial charge in [-0.3, -0.25) is 10.1 Å². The third-order valence-electron chi connectivity index (χ3n) is 1.73. The van der Waals surface area contributed by atoms with Crippen molar-refractivity contribution in [1.29, 1.82) is 0 Å². The Bertz CT molecular complexity index is 368. The lowest BCUT2D eigenvalue weighted by Gasteiger charge is -2.04. The van der Waals surface area contributed by atoms with Gasteiger partial charge in [-0.1, -0.05) is 5.16 Å². The van der Waals surface area contributed by atoms with E-state index in [-0.39, 0.29) is 0 Å². The zero-order valence-electron chi connectivity index (χ0n) is 9.29. The highest BCUT2D eigenvalue weighted by molar-refractivity contribution is 8.02. The molecule has 1 heterocycles. The van der Waals surface area contributed by atoms with E-state index >= 15 is 0 Å². The van der Waals surface area contributed by atoms with Gasteiger partial charge < -0.3 is 9.84 Å². The van der Waals surface area contributed by atoms with Gasteiger partial charge >= 0.3 is 0 Å². The summed E-state index contributed by atoms with van der Waals surface area (Å²) in [6, 6.07) is 1.82. The van der Waals surface area contributed by atoms with Crippen molar-refractivity contribution in [3.63, 3.8) is 0 Å². The molecule has 1 N–H and O–H groups in total. The summed E-state index contributed by atoms with van der Waals surface area (Å²) in [5.74, 6) is 1.63. The van der Waals surface area contributed by atoms with Crippen LogP contribution in [0.5, 0.6) is 0 Å². The average Bonchev–Trinajstić information content (AvgIpc) is 2.79. The number of rotatable bonds is 8. The maximum Gasteiger partial charge on any atom is 0.263 e. The van der Waals surface area contributed by atoms with Gasteiger partial charge in [0.05, 0.1) is 10.6 Å². The number of hydrogen-bond acceptors (Lipinski definition) is 7. The minimum atomic E-state index is -0.457. The number of nitrogens with zero attached hydrogens (tertiary/aromatic N) is 2. The van der Waals surface area contributed by atoms with Crippen molar-refractivity contribution < 1.29 is 9.45 Å². The molecular weight excluding hydrogens is 262 g/mol. The summed E-state index contributed by atoms with van der Waals surface area (Å²) in [5.41, 5.74) is 0.904. The van der Waals surface area contributed by atoms with Gasteiger partial charge in [-0.05, 0) is 6.26 Å². The zero-order chi connectivity index (χ0) is 12.5. The molecule has 0 fully saturated rings. The van der Waals surface area contributed by atoms with E-state index in [0.29, 0.717) is 11.6 Å². The standard InChI is InChI=1S/C9H13N3O3S2/c1-16-9(6-12(13)14)10-3-5-17-7-8-2-4-15-11-8/h2,4,6,10H,3,5,7H2,1H3. The predicted octanol–water partition coefficient (Wildman–Crippen LogP) is 1.94. The summed E-state index contributed by atoms with van der Waals surface area (Å²) < 4.78 is 4.70. The number of thioether (sulfide) groups is 2. The molecule has 8 heteroatoms. The summed E-state index contributed by atoms with van der Waals surface area (Å²) in [4.78, 5) is 9.81. The summed E-state index contributed by atoms with van der Waals surface area (Å²) in [7, 11) is 0. The summed E-state index contributed by atoms with van der Waals surface area (Å²) in [5, 5.41) is 17.6. The summed E-state index contributed by atoms with van der Waals surface area (Å²) in [6.45, 7) is 0.684. The molecule has 0 unspecified atom stereocenters. The minimum absolute atomic E-state index is 0.457. The Balaban J connectivity index is 2.13. The first kappa shape index (κ1) is 13.9. The Kier molecular flexibility index (Phi) is 6.56. The normalized spacial score (nSPS) is 11.5. The lowest BCUT2D eigenvalue weighted by molar-refractivity contribution is -0.403. The average molecular weight is 275 g/mol. The van der Waals surface area contributed by atoms with Crippen LogP contribution in [-0.2, 0) is 5.75 Å². The van der Waals surface area contributed by atoms with Crippen molar-refractivity contribution in [2.45, 2.75) is 5.75 Å². The number of nitrogens with one attached hydrogen (secondary N) is 1. The number of hydrogen-bond donors (Lipinski definition) is 1. The molecule has 0 aliphatic heterocycles. The molecule has 0 saturated heterocycles. The molecule has 0 atom stereocenters. The van der Waals surface area contributed by atoms with E-state index in [9.17, 15) is 10.1 Å². The Labute approximate surface area is 107 Å². The summed E-state index contributed by atoms with van der Waals surface area (Å²) in [6.07, 6.45) is 4.32. The van der Waals surface area contributed by atoms with Crippen LogP contribution in [0.3, 0.4) is 0 Å². The second-order valence-corrected chi connectivity index (χ2v) is 4.91. The maximum atomic E-state index is 10.3. The fourth-order valence-corrected chi connectivity index (χ4v) is 2.19. The molecule has 1 aromatic rings. The topological polar surface area (TPSA) is 81.2 Å². The van der Waals surface area contributed by atoms with Crippen LogP contribution in [-0.4, -0.2) is 28.6 Å². The zero-order valence-corrected chi connectivity index (χ0v) is 10.9. The second-order valence-electron chi connectivity index (χ2n) is 2.95. The monoisotopic (exact) mass is 275 g/mol. The molecule has 0 spiro atoms. The fraction of sp³-hybridized carbons (Fsp3) is 0.444. The van der Waals surface area contributed by atoms with Gasteiger partial charge in [0.1, 0.15) is 11.3 Å². The van der Waals surface area contributed by atoms with Gasteiger partial charge in [-0.2, -0.15) is 11.8 Å².